The second kappa shape index (κ2) is 8.10. The van der Waals surface area contributed by atoms with Gasteiger partial charge in [0.05, 0.1) is 7.11 Å². The summed E-state index contributed by atoms with van der Waals surface area (Å²) in [4.78, 5) is 38.6. The summed E-state index contributed by atoms with van der Waals surface area (Å²) in [6.45, 7) is 1.77. The van der Waals surface area contributed by atoms with Crippen LogP contribution in [0, 0.1) is 0 Å². The Bertz CT molecular complexity index is 734. The lowest BCUT2D eigenvalue weighted by Gasteiger charge is -2.43. The molecule has 0 aromatic heterocycles. The summed E-state index contributed by atoms with van der Waals surface area (Å²) in [5.74, 6) is -0.491. The van der Waals surface area contributed by atoms with Crippen LogP contribution in [0.3, 0.4) is 0 Å². The molecule has 0 spiro atoms. The van der Waals surface area contributed by atoms with E-state index in [2.05, 4.69) is 21.2 Å². The molecule has 1 aromatic carbocycles. The number of halogens is 1. The number of para-hydroxylation sites is 1. The number of carbonyl (C=O) groups excluding carboxylic acids is 3. The van der Waals surface area contributed by atoms with Crippen LogP contribution in [0.15, 0.2) is 30.3 Å². The number of esters is 1. The van der Waals surface area contributed by atoms with E-state index in [9.17, 15) is 14.4 Å². The molecule has 7 nitrogen and oxygen atoms in total. The molecule has 3 unspecified atom stereocenters. The number of carbonyl (C=O) groups is 3. The highest BCUT2D eigenvalue weighted by Crippen LogP contribution is 2.53. The van der Waals surface area contributed by atoms with Crippen LogP contribution in [-0.4, -0.2) is 63.9 Å². The van der Waals surface area contributed by atoms with Crippen molar-refractivity contribution in [3.05, 3.63) is 30.3 Å². The molecule has 146 valence electrons. The number of hydrogen-bond donors (Lipinski definition) is 1. The van der Waals surface area contributed by atoms with Crippen LogP contribution in [0.5, 0.6) is 5.75 Å². The summed E-state index contributed by atoms with van der Waals surface area (Å²) in [5, 5.41) is 3.13. The molecule has 3 rings (SSSR count). The highest BCUT2D eigenvalue weighted by molar-refractivity contribution is 9.09. The maximum Gasteiger partial charge on any atom is 0.330 e. The fourth-order valence-corrected chi connectivity index (χ4v) is 6.25. The van der Waals surface area contributed by atoms with Crippen LogP contribution in [-0.2, 0) is 19.1 Å². The second-order valence-corrected chi connectivity index (χ2v) is 9.02. The summed E-state index contributed by atoms with van der Waals surface area (Å²) in [6.07, 6.45) is 0.690. The summed E-state index contributed by atoms with van der Waals surface area (Å²) in [6, 6.07) is 7.67. The molecule has 0 saturated carbocycles. The lowest BCUT2D eigenvalue weighted by Crippen LogP contribution is -2.71. The van der Waals surface area contributed by atoms with Gasteiger partial charge in [0.2, 0.25) is 5.91 Å². The number of amides is 2. The second-order valence-electron chi connectivity index (χ2n) is 6.58. The van der Waals surface area contributed by atoms with E-state index in [1.165, 1.54) is 23.8 Å². The first kappa shape index (κ1) is 20.0. The van der Waals surface area contributed by atoms with E-state index in [4.69, 9.17) is 9.47 Å². The number of nitrogens with one attached hydrogen (secondary N) is 1. The van der Waals surface area contributed by atoms with Crippen LogP contribution >= 0.6 is 27.7 Å². The fraction of sp³-hybridized carbons (Fsp3) is 0.500. The zero-order chi connectivity index (χ0) is 19.6. The molecule has 2 amide bonds. The number of fused-ring (bicyclic) bond motifs is 1. The van der Waals surface area contributed by atoms with Gasteiger partial charge in [-0.15, -0.1) is 11.8 Å². The Balaban J connectivity index is 1.64. The van der Waals surface area contributed by atoms with Crippen molar-refractivity contribution in [1.29, 1.82) is 0 Å². The molecule has 4 atom stereocenters. The third-order valence-corrected chi connectivity index (χ3v) is 6.87. The van der Waals surface area contributed by atoms with Gasteiger partial charge in [-0.05, 0) is 25.5 Å². The Morgan fingerprint density at radius 3 is 2.67 bits per heavy atom. The van der Waals surface area contributed by atoms with Crippen molar-refractivity contribution in [2.45, 2.75) is 35.5 Å². The number of hydrogen-bond acceptors (Lipinski definition) is 6. The zero-order valence-corrected chi connectivity index (χ0v) is 17.4. The maximum atomic E-state index is 12.6. The quantitative estimate of drug-likeness (QED) is 0.380. The van der Waals surface area contributed by atoms with Crippen molar-refractivity contribution in [3.8, 4) is 5.75 Å². The molecular weight excluding hydrogens is 436 g/mol. The topological polar surface area (TPSA) is 84.9 Å². The van der Waals surface area contributed by atoms with Gasteiger partial charge in [0.25, 0.3) is 5.91 Å². The minimum atomic E-state index is -0.661. The molecular formula is C18H21BrN2O5S. The third-order valence-electron chi connectivity index (χ3n) is 4.77. The van der Waals surface area contributed by atoms with Crippen molar-refractivity contribution in [3.63, 3.8) is 0 Å². The van der Waals surface area contributed by atoms with Gasteiger partial charge in [-0.1, -0.05) is 34.1 Å². The molecule has 1 N–H and O–H groups in total. The van der Waals surface area contributed by atoms with E-state index < -0.39 is 22.8 Å². The van der Waals surface area contributed by atoms with Crippen molar-refractivity contribution >= 4 is 45.5 Å². The highest BCUT2D eigenvalue weighted by Gasteiger charge is 2.65. The van der Waals surface area contributed by atoms with E-state index in [-0.39, 0.29) is 23.8 Å². The molecule has 2 aliphatic rings. The minimum Gasteiger partial charge on any atom is -0.484 e. The monoisotopic (exact) mass is 456 g/mol. The van der Waals surface area contributed by atoms with Crippen LogP contribution in [0.4, 0.5) is 0 Å². The first-order valence-electron chi connectivity index (χ1n) is 8.52. The van der Waals surface area contributed by atoms with Crippen LogP contribution in [0.2, 0.25) is 0 Å². The van der Waals surface area contributed by atoms with Crippen molar-refractivity contribution < 1.29 is 23.9 Å². The van der Waals surface area contributed by atoms with Crippen LogP contribution in [0.1, 0.15) is 13.3 Å². The van der Waals surface area contributed by atoms with E-state index in [0.29, 0.717) is 17.5 Å². The predicted octanol–water partition coefficient (Wildman–Crippen LogP) is 1.55. The molecule has 2 heterocycles. The minimum absolute atomic E-state index is 0.176. The van der Waals surface area contributed by atoms with Gasteiger partial charge in [0.1, 0.15) is 23.2 Å². The number of alkyl halides is 1. The van der Waals surface area contributed by atoms with Gasteiger partial charge in [-0.2, -0.15) is 0 Å². The van der Waals surface area contributed by atoms with E-state index >= 15 is 0 Å². The third kappa shape index (κ3) is 3.80. The van der Waals surface area contributed by atoms with Gasteiger partial charge in [0, 0.05) is 10.1 Å². The first-order valence-corrected chi connectivity index (χ1v) is 10.5. The SMILES string of the molecule is COC(=O)C1N2C(=O)C(NC(=O)COc3ccccc3)[C@H]2SC1(C)CCBr. The average molecular weight is 457 g/mol. The van der Waals surface area contributed by atoms with Gasteiger partial charge < -0.3 is 19.7 Å². The molecule has 27 heavy (non-hydrogen) atoms. The largest absolute Gasteiger partial charge is 0.484 e. The average Bonchev–Trinajstić information content (AvgIpc) is 2.94. The van der Waals surface area contributed by atoms with Crippen LogP contribution < -0.4 is 10.1 Å². The number of rotatable bonds is 7. The van der Waals surface area contributed by atoms with Gasteiger partial charge in [0.15, 0.2) is 6.61 Å². The Morgan fingerprint density at radius 1 is 1.33 bits per heavy atom. The summed E-state index contributed by atoms with van der Waals surface area (Å²) in [7, 11) is 1.32. The Kier molecular flexibility index (Phi) is 6.00. The smallest absolute Gasteiger partial charge is 0.330 e. The predicted molar refractivity (Wildman–Crippen MR) is 105 cm³/mol. The molecule has 9 heteroatoms. The molecule has 2 saturated heterocycles. The van der Waals surface area contributed by atoms with Crippen molar-refractivity contribution in [1.82, 2.24) is 10.2 Å². The maximum absolute atomic E-state index is 12.6. The molecule has 2 fully saturated rings. The molecule has 0 bridgehead atoms. The molecule has 0 radical (unpaired) electrons. The summed E-state index contributed by atoms with van der Waals surface area (Å²) in [5.41, 5.74) is 0. The standard InChI is InChI=1S/C18H21BrN2O5S/c1-18(8-9-19)14(17(24)25-2)21-15(23)13(16(21)27-18)20-12(22)10-26-11-6-4-3-5-7-11/h3-7,13-14,16H,8-10H2,1-2H3,(H,20,22)/t13?,14?,16-,18?/m1/s1. The van der Waals surface area contributed by atoms with Gasteiger partial charge in [-0.25, -0.2) is 4.79 Å². The zero-order valence-electron chi connectivity index (χ0n) is 15.0. The molecule has 2 aliphatic heterocycles. The number of ether oxygens (including phenoxy) is 2. The van der Waals surface area contributed by atoms with Crippen molar-refractivity contribution in [2.24, 2.45) is 0 Å². The fourth-order valence-electron chi connectivity index (χ4n) is 3.39. The number of thioether (sulfide) groups is 1. The normalized spacial score (nSPS) is 28.9. The highest BCUT2D eigenvalue weighted by atomic mass is 79.9. The molecule has 0 aliphatic carbocycles. The van der Waals surface area contributed by atoms with E-state index in [1.807, 2.05) is 25.1 Å². The number of benzene rings is 1. The Morgan fingerprint density at radius 2 is 2.04 bits per heavy atom. The number of methoxy groups -OCH3 is 1. The molecule has 1 aromatic rings. The Hall–Kier alpha value is -1.74. The van der Waals surface area contributed by atoms with Gasteiger partial charge in [-0.3, -0.25) is 9.59 Å². The van der Waals surface area contributed by atoms with Crippen LogP contribution in [0.25, 0.3) is 0 Å². The van der Waals surface area contributed by atoms with E-state index in [0.717, 1.165) is 0 Å². The van der Waals surface area contributed by atoms with E-state index in [1.54, 1.807) is 12.1 Å². The van der Waals surface area contributed by atoms with Crippen molar-refractivity contribution in [2.75, 3.05) is 19.0 Å². The number of nitrogens with zero attached hydrogens (tertiary/aromatic N) is 1. The van der Waals surface area contributed by atoms with Gasteiger partial charge >= 0.3 is 5.97 Å². The first-order chi connectivity index (χ1) is 12.9. The summed E-state index contributed by atoms with van der Waals surface area (Å²) >= 11 is 4.94. The lowest BCUT2D eigenvalue weighted by atomic mass is 9.92. The lowest BCUT2D eigenvalue weighted by molar-refractivity contribution is -0.163. The Labute approximate surface area is 170 Å². The summed E-state index contributed by atoms with van der Waals surface area (Å²) < 4.78 is 9.85. The number of β-lactam (4-membered cyclic amide) rings is 1.